The predicted molar refractivity (Wildman–Crippen MR) is 68.3 cm³/mol. The van der Waals surface area contributed by atoms with Crippen LogP contribution in [0.1, 0.15) is 18.5 Å². The van der Waals surface area contributed by atoms with Crippen LogP contribution in [0.25, 0.3) is 0 Å². The fraction of sp³-hybridized carbons (Fsp3) is 0.417. The zero-order valence-corrected chi connectivity index (χ0v) is 11.3. The van der Waals surface area contributed by atoms with E-state index in [2.05, 4.69) is 5.32 Å². The maximum absolute atomic E-state index is 13.8. The lowest BCUT2D eigenvalue weighted by Crippen LogP contribution is -2.52. The third-order valence-corrected chi connectivity index (χ3v) is 4.93. The highest BCUT2D eigenvalue weighted by Gasteiger charge is 2.38. The zero-order valence-electron chi connectivity index (χ0n) is 10.5. The summed E-state index contributed by atoms with van der Waals surface area (Å²) in [5, 5.41) is 2.57. The number of halogens is 1. The highest BCUT2D eigenvalue weighted by atomic mass is 32.2. The third-order valence-electron chi connectivity index (χ3n) is 3.09. The van der Waals surface area contributed by atoms with Crippen molar-refractivity contribution in [1.29, 1.82) is 0 Å². The van der Waals surface area contributed by atoms with E-state index < -0.39 is 27.8 Å². The first-order valence-corrected chi connectivity index (χ1v) is 7.60. The lowest BCUT2D eigenvalue weighted by Gasteiger charge is -2.34. The second kappa shape index (κ2) is 5.26. The van der Waals surface area contributed by atoms with Crippen molar-refractivity contribution in [2.45, 2.75) is 13.0 Å². The molecule has 0 spiro atoms. The fourth-order valence-corrected chi connectivity index (χ4v) is 3.34. The Morgan fingerprint density at radius 2 is 2.11 bits per heavy atom. The van der Waals surface area contributed by atoms with Crippen molar-refractivity contribution in [3.63, 3.8) is 0 Å². The van der Waals surface area contributed by atoms with E-state index in [1.54, 1.807) is 6.07 Å². The van der Waals surface area contributed by atoms with E-state index in [4.69, 9.17) is 0 Å². The highest BCUT2D eigenvalue weighted by Crippen LogP contribution is 2.28. The highest BCUT2D eigenvalue weighted by molar-refractivity contribution is 7.89. The molecule has 19 heavy (non-hydrogen) atoms. The molecule has 0 radical (unpaired) electrons. The molecule has 104 valence electrons. The molecule has 1 aliphatic heterocycles. The first-order chi connectivity index (χ1) is 8.97. The summed E-state index contributed by atoms with van der Waals surface area (Å²) in [5.74, 6) is -1.19. The molecule has 1 fully saturated rings. The Morgan fingerprint density at radius 1 is 1.42 bits per heavy atom. The molecule has 1 aromatic carbocycles. The monoisotopic (exact) mass is 286 g/mol. The van der Waals surface area contributed by atoms with Crippen molar-refractivity contribution in [3.8, 4) is 0 Å². The van der Waals surface area contributed by atoms with E-state index in [9.17, 15) is 17.6 Å². The molecule has 0 aliphatic carbocycles. The van der Waals surface area contributed by atoms with Gasteiger partial charge in [-0.15, -0.1) is 0 Å². The number of amides is 1. The lowest BCUT2D eigenvalue weighted by atomic mass is 10.0. The van der Waals surface area contributed by atoms with Crippen molar-refractivity contribution in [1.82, 2.24) is 9.62 Å². The molecule has 2 rings (SSSR count). The molecule has 1 atom stereocenters. The molecule has 1 unspecified atom stereocenters. The van der Waals surface area contributed by atoms with Gasteiger partial charge in [0, 0.05) is 18.7 Å². The van der Waals surface area contributed by atoms with Crippen molar-refractivity contribution in [2.24, 2.45) is 0 Å². The molecule has 1 amide bonds. The topological polar surface area (TPSA) is 66.5 Å². The average Bonchev–Trinajstić information content (AvgIpc) is 2.39. The second-order valence-corrected chi connectivity index (χ2v) is 6.44. The summed E-state index contributed by atoms with van der Waals surface area (Å²) in [5.41, 5.74) is 0.0803. The largest absolute Gasteiger partial charge is 0.353 e. The maximum Gasteiger partial charge on any atom is 0.243 e. The quantitative estimate of drug-likeness (QED) is 0.887. The Kier molecular flexibility index (Phi) is 3.86. The number of nitrogens with zero attached hydrogens (tertiary/aromatic N) is 1. The molecule has 0 saturated carbocycles. The Labute approximate surface area is 111 Å². The van der Waals surface area contributed by atoms with Crippen LogP contribution in [0.15, 0.2) is 24.3 Å². The Bertz CT molecular complexity index is 588. The van der Waals surface area contributed by atoms with Gasteiger partial charge in [-0.1, -0.05) is 18.2 Å². The van der Waals surface area contributed by atoms with Gasteiger partial charge in [0.2, 0.25) is 15.9 Å². The van der Waals surface area contributed by atoms with Gasteiger partial charge in [0.25, 0.3) is 0 Å². The molecule has 1 N–H and O–H groups in total. The van der Waals surface area contributed by atoms with Crippen LogP contribution in [-0.2, 0) is 14.8 Å². The number of hydrogen-bond acceptors (Lipinski definition) is 3. The minimum atomic E-state index is -3.56. The van der Waals surface area contributed by atoms with Gasteiger partial charge in [-0.05, 0) is 13.0 Å². The molecule has 1 aromatic rings. The minimum absolute atomic E-state index is 0.0803. The molecule has 0 bridgehead atoms. The number of carbonyl (C=O) groups excluding carboxylic acids is 1. The number of piperazine rings is 1. The van der Waals surface area contributed by atoms with Crippen LogP contribution >= 0.6 is 0 Å². The summed E-state index contributed by atoms with van der Waals surface area (Å²) in [4.78, 5) is 11.9. The van der Waals surface area contributed by atoms with E-state index in [1.807, 2.05) is 0 Å². The van der Waals surface area contributed by atoms with Crippen LogP contribution in [0.5, 0.6) is 0 Å². The van der Waals surface area contributed by atoms with Gasteiger partial charge in [-0.3, -0.25) is 4.79 Å². The predicted octanol–water partition coefficient (Wildman–Crippen LogP) is 0.648. The van der Waals surface area contributed by atoms with Crippen LogP contribution in [0.4, 0.5) is 4.39 Å². The van der Waals surface area contributed by atoms with Crippen molar-refractivity contribution in [2.75, 3.05) is 18.8 Å². The summed E-state index contributed by atoms with van der Waals surface area (Å²) in [6, 6.07) is 4.60. The SMILES string of the molecule is CCS(=O)(=O)N1CCNC(=O)C1c1ccccc1F. The zero-order chi connectivity index (χ0) is 14.0. The Morgan fingerprint density at radius 3 is 2.74 bits per heavy atom. The van der Waals surface area contributed by atoms with Gasteiger partial charge in [-0.2, -0.15) is 4.31 Å². The van der Waals surface area contributed by atoms with E-state index in [-0.39, 0.29) is 24.4 Å². The number of nitrogens with one attached hydrogen (secondary N) is 1. The van der Waals surface area contributed by atoms with Gasteiger partial charge in [0.15, 0.2) is 0 Å². The molecular formula is C12H15FN2O3S. The minimum Gasteiger partial charge on any atom is -0.353 e. The number of hydrogen-bond donors (Lipinski definition) is 1. The van der Waals surface area contributed by atoms with Crippen molar-refractivity contribution in [3.05, 3.63) is 35.6 Å². The Hall–Kier alpha value is -1.47. The summed E-state index contributed by atoms with van der Waals surface area (Å²) >= 11 is 0. The van der Waals surface area contributed by atoms with E-state index in [0.29, 0.717) is 0 Å². The van der Waals surface area contributed by atoms with Crippen LogP contribution in [0.2, 0.25) is 0 Å². The standard InChI is InChI=1S/C12H15FN2O3S/c1-2-19(17,18)15-8-7-14-12(16)11(15)9-5-3-4-6-10(9)13/h3-6,11H,2,7-8H2,1H3,(H,14,16). The van der Waals surface area contributed by atoms with Gasteiger partial charge in [0.05, 0.1) is 5.75 Å². The summed E-state index contributed by atoms with van der Waals surface area (Å²) in [6.45, 7) is 1.89. The van der Waals surface area contributed by atoms with Gasteiger partial charge in [-0.25, -0.2) is 12.8 Å². The Balaban J connectivity index is 2.49. The molecule has 0 aromatic heterocycles. The van der Waals surface area contributed by atoms with Crippen LogP contribution < -0.4 is 5.32 Å². The van der Waals surface area contributed by atoms with E-state index >= 15 is 0 Å². The molecule has 1 heterocycles. The average molecular weight is 286 g/mol. The first kappa shape index (κ1) is 14.0. The third kappa shape index (κ3) is 2.62. The van der Waals surface area contributed by atoms with Crippen LogP contribution in [-0.4, -0.2) is 37.5 Å². The first-order valence-electron chi connectivity index (χ1n) is 5.99. The molecule has 7 heteroatoms. The lowest BCUT2D eigenvalue weighted by molar-refractivity contribution is -0.127. The van der Waals surface area contributed by atoms with E-state index in [1.165, 1.54) is 25.1 Å². The van der Waals surface area contributed by atoms with Gasteiger partial charge >= 0.3 is 0 Å². The summed E-state index contributed by atoms with van der Waals surface area (Å²) < 4.78 is 38.9. The molecular weight excluding hydrogens is 271 g/mol. The molecule has 1 aliphatic rings. The van der Waals surface area contributed by atoms with Gasteiger partial charge < -0.3 is 5.32 Å². The summed E-state index contributed by atoms with van der Waals surface area (Å²) in [7, 11) is -3.56. The smallest absolute Gasteiger partial charge is 0.243 e. The normalized spacial score (nSPS) is 21.2. The van der Waals surface area contributed by atoms with Crippen LogP contribution in [0.3, 0.4) is 0 Å². The number of sulfonamides is 1. The number of rotatable bonds is 3. The molecule has 1 saturated heterocycles. The van der Waals surface area contributed by atoms with Gasteiger partial charge in [0.1, 0.15) is 11.9 Å². The molecule has 5 nitrogen and oxygen atoms in total. The number of benzene rings is 1. The maximum atomic E-state index is 13.8. The second-order valence-electron chi connectivity index (χ2n) is 4.23. The van der Waals surface area contributed by atoms with Crippen molar-refractivity contribution >= 4 is 15.9 Å². The fourth-order valence-electron chi connectivity index (χ4n) is 2.10. The van der Waals surface area contributed by atoms with Crippen molar-refractivity contribution < 1.29 is 17.6 Å². The number of carbonyl (C=O) groups is 1. The van der Waals surface area contributed by atoms with Crippen LogP contribution in [0, 0.1) is 5.82 Å². The summed E-state index contributed by atoms with van der Waals surface area (Å²) in [6.07, 6.45) is 0. The van der Waals surface area contributed by atoms with E-state index in [0.717, 1.165) is 4.31 Å².